The molecule has 0 aliphatic heterocycles. The van der Waals surface area contributed by atoms with E-state index in [2.05, 4.69) is 21.9 Å². The van der Waals surface area contributed by atoms with Crippen molar-refractivity contribution in [3.05, 3.63) is 43.2 Å². The molecule has 0 fully saturated rings. The smallest absolute Gasteiger partial charge is 0.271 e. The van der Waals surface area contributed by atoms with Crippen LogP contribution in [0.4, 0.5) is 0 Å². The largest absolute Gasteiger partial charge is 0.398 e. The molecule has 0 amide bonds. The number of benzene rings is 1. The zero-order chi connectivity index (χ0) is 8.65. The summed E-state index contributed by atoms with van der Waals surface area (Å²) in [7, 11) is 0. The monoisotopic (exact) mass is 183 g/mol. The van der Waals surface area contributed by atoms with Crippen LogP contribution in [0.3, 0.4) is 0 Å². The molecule has 4 heteroatoms. The first kappa shape index (κ1) is 8.96. The molecule has 1 rings (SSSR count). The van der Waals surface area contributed by atoms with Crippen molar-refractivity contribution in [2.24, 2.45) is 0 Å². The van der Waals surface area contributed by atoms with Gasteiger partial charge < -0.3 is 9.07 Å². The lowest BCUT2D eigenvalue weighted by molar-refractivity contribution is -0.133. The summed E-state index contributed by atoms with van der Waals surface area (Å²) >= 11 is 0.724. The Morgan fingerprint density at radius 2 is 2.17 bits per heavy atom. The fourth-order valence-corrected chi connectivity index (χ4v) is 0.829. The van der Waals surface area contributed by atoms with Crippen molar-refractivity contribution in [1.82, 2.24) is 0 Å². The lowest BCUT2D eigenvalue weighted by Gasteiger charge is -1.99. The van der Waals surface area contributed by atoms with E-state index in [-0.39, 0.29) is 0 Å². The van der Waals surface area contributed by atoms with E-state index in [9.17, 15) is 0 Å². The number of rotatable bonds is 5. The molecule has 0 atom stereocenters. The van der Waals surface area contributed by atoms with Crippen LogP contribution in [0.15, 0.2) is 37.1 Å². The average Bonchev–Trinajstić information content (AvgIpc) is 2.14. The first-order valence-corrected chi connectivity index (χ1v) is 3.84. The topological polar surface area (TPSA) is 27.7 Å². The molecule has 0 aromatic heterocycles. The highest BCUT2D eigenvalue weighted by Crippen LogP contribution is 2.15. The maximum Gasteiger partial charge on any atom is 0.271 e. The highest BCUT2D eigenvalue weighted by Gasteiger charge is 1.92. The van der Waals surface area contributed by atoms with Crippen LogP contribution in [-0.2, 0) is 9.22 Å². The predicted octanol–water partition coefficient (Wildman–Crippen LogP) is 2.52. The molecule has 63 valence electrons. The van der Waals surface area contributed by atoms with Gasteiger partial charge in [0.25, 0.3) is 12.3 Å². The molecule has 0 saturated heterocycles. The van der Waals surface area contributed by atoms with Gasteiger partial charge in [0, 0.05) is 0 Å². The second-order valence-corrected chi connectivity index (χ2v) is 2.16. The Hall–Kier alpha value is -1.13. The standard InChI is InChI=1S/C8H7O3S/c1-2-9-11-12-10-8-6-4-3-5-7-8/h2,4-7H,1H2. The Kier molecular flexibility index (Phi) is 4.12. The van der Waals surface area contributed by atoms with Gasteiger partial charge in [0.2, 0.25) is 0 Å². The first-order valence-electron chi connectivity index (χ1n) is 3.17. The zero-order valence-corrected chi connectivity index (χ0v) is 7.04. The van der Waals surface area contributed by atoms with Crippen LogP contribution in [0, 0.1) is 6.07 Å². The molecule has 12 heavy (non-hydrogen) atoms. The molecule has 0 saturated carbocycles. The van der Waals surface area contributed by atoms with E-state index in [1.54, 1.807) is 24.3 Å². The Balaban J connectivity index is 2.20. The molecule has 0 unspecified atom stereocenters. The molecule has 3 nitrogen and oxygen atoms in total. The molecule has 0 heterocycles. The van der Waals surface area contributed by atoms with E-state index in [4.69, 9.17) is 4.18 Å². The van der Waals surface area contributed by atoms with Crippen LogP contribution in [0.1, 0.15) is 0 Å². The molecule has 1 radical (unpaired) electrons. The normalized spacial score (nSPS) is 9.00. The van der Waals surface area contributed by atoms with E-state index >= 15 is 0 Å². The van der Waals surface area contributed by atoms with Gasteiger partial charge in [0.1, 0.15) is 12.0 Å². The minimum atomic E-state index is 0.673. The molecule has 0 bridgehead atoms. The van der Waals surface area contributed by atoms with Gasteiger partial charge in [-0.1, -0.05) is 23.0 Å². The van der Waals surface area contributed by atoms with Crippen molar-refractivity contribution in [2.45, 2.75) is 0 Å². The van der Waals surface area contributed by atoms with E-state index in [1.807, 2.05) is 0 Å². The molecule has 1 aromatic rings. The molecule has 0 spiro atoms. The average molecular weight is 183 g/mol. The van der Waals surface area contributed by atoms with Crippen molar-refractivity contribution in [1.29, 1.82) is 0 Å². The molecule has 0 N–H and O–H groups in total. The van der Waals surface area contributed by atoms with Gasteiger partial charge in [0.15, 0.2) is 0 Å². The Bertz CT molecular complexity index is 225. The molecular weight excluding hydrogens is 176 g/mol. The highest BCUT2D eigenvalue weighted by molar-refractivity contribution is 7.90. The fourth-order valence-electron chi connectivity index (χ4n) is 0.524. The zero-order valence-electron chi connectivity index (χ0n) is 6.23. The van der Waals surface area contributed by atoms with Crippen LogP contribution in [-0.4, -0.2) is 0 Å². The Morgan fingerprint density at radius 3 is 2.83 bits per heavy atom. The summed E-state index contributed by atoms with van der Waals surface area (Å²) in [6, 6.07) is 9.85. The molecule has 1 aromatic carbocycles. The molecule has 0 aliphatic rings. The van der Waals surface area contributed by atoms with E-state index in [0.29, 0.717) is 5.75 Å². The quantitative estimate of drug-likeness (QED) is 0.230. The van der Waals surface area contributed by atoms with Crippen LogP contribution in [0.25, 0.3) is 0 Å². The van der Waals surface area contributed by atoms with Gasteiger partial charge >= 0.3 is 0 Å². The molecule has 0 aliphatic carbocycles. The van der Waals surface area contributed by atoms with Crippen molar-refractivity contribution in [2.75, 3.05) is 0 Å². The van der Waals surface area contributed by atoms with Gasteiger partial charge in [-0.2, -0.15) is 0 Å². The lowest BCUT2D eigenvalue weighted by Crippen LogP contribution is -1.83. The SMILES string of the molecule is C=COOSOc1cc[c]cc1. The third-order valence-electron chi connectivity index (χ3n) is 0.953. The second kappa shape index (κ2) is 5.51. The first-order chi connectivity index (χ1) is 5.93. The summed E-state index contributed by atoms with van der Waals surface area (Å²) in [6.07, 6.45) is 1.16. The van der Waals surface area contributed by atoms with Gasteiger partial charge in [-0.3, -0.25) is 0 Å². The van der Waals surface area contributed by atoms with Crippen molar-refractivity contribution in [3.63, 3.8) is 0 Å². The summed E-state index contributed by atoms with van der Waals surface area (Å²) in [5, 5.41) is 0. The van der Waals surface area contributed by atoms with Crippen molar-refractivity contribution in [3.8, 4) is 5.75 Å². The number of hydrogen-bond acceptors (Lipinski definition) is 4. The summed E-state index contributed by atoms with van der Waals surface area (Å²) in [5.41, 5.74) is 0. The fraction of sp³-hybridized carbons (Fsp3) is 0. The summed E-state index contributed by atoms with van der Waals surface area (Å²) in [6.45, 7) is 3.28. The number of hydrogen-bond donors (Lipinski definition) is 0. The highest BCUT2D eigenvalue weighted by atomic mass is 32.2. The third-order valence-corrected chi connectivity index (χ3v) is 1.35. The van der Waals surface area contributed by atoms with Crippen molar-refractivity contribution >= 4 is 12.3 Å². The van der Waals surface area contributed by atoms with Gasteiger partial charge in [-0.15, -0.1) is 0 Å². The second-order valence-electron chi connectivity index (χ2n) is 1.72. The minimum absolute atomic E-state index is 0.673. The third kappa shape index (κ3) is 3.32. The molecular formula is C8H7O3S. The minimum Gasteiger partial charge on any atom is -0.398 e. The van der Waals surface area contributed by atoms with E-state index in [0.717, 1.165) is 18.6 Å². The van der Waals surface area contributed by atoms with Crippen LogP contribution < -0.4 is 4.18 Å². The maximum atomic E-state index is 5.01. The maximum absolute atomic E-state index is 5.01. The summed E-state index contributed by atoms with van der Waals surface area (Å²) in [5.74, 6) is 0.673. The Morgan fingerprint density at radius 1 is 1.42 bits per heavy atom. The van der Waals surface area contributed by atoms with E-state index in [1.165, 1.54) is 0 Å². The van der Waals surface area contributed by atoms with Crippen LogP contribution in [0.2, 0.25) is 0 Å². The van der Waals surface area contributed by atoms with Crippen LogP contribution >= 0.6 is 12.3 Å². The summed E-state index contributed by atoms with van der Waals surface area (Å²) in [4.78, 5) is 4.35. The van der Waals surface area contributed by atoms with E-state index < -0.39 is 0 Å². The van der Waals surface area contributed by atoms with Gasteiger partial charge in [-0.25, -0.2) is 0 Å². The Labute approximate surface area is 75.3 Å². The van der Waals surface area contributed by atoms with Gasteiger partial charge in [0.05, 0.1) is 0 Å². The lowest BCUT2D eigenvalue weighted by atomic mass is 10.3. The van der Waals surface area contributed by atoms with Crippen LogP contribution in [0.5, 0.6) is 5.75 Å². The van der Waals surface area contributed by atoms with Gasteiger partial charge in [-0.05, 0) is 18.2 Å². The summed E-state index contributed by atoms with van der Waals surface area (Å²) < 4.78 is 9.46. The van der Waals surface area contributed by atoms with Crippen molar-refractivity contribution < 1.29 is 13.4 Å². The predicted molar refractivity (Wildman–Crippen MR) is 45.9 cm³/mol.